The first kappa shape index (κ1) is 24.5. The Kier molecular flexibility index (Phi) is 12.8. The first-order valence-corrected chi connectivity index (χ1v) is 8.35. The van der Waals surface area contributed by atoms with Crippen LogP contribution in [0.1, 0.15) is 41.5 Å². The Balaban J connectivity index is 0. The summed E-state index contributed by atoms with van der Waals surface area (Å²) in [6, 6.07) is -0.989. The molecule has 0 aliphatic heterocycles. The summed E-state index contributed by atoms with van der Waals surface area (Å²) in [5.41, 5.74) is 3.84. The number of esters is 1. The molecule has 1 unspecified atom stereocenters. The zero-order valence-electron chi connectivity index (χ0n) is 15.1. The number of carbonyl (C=O) groups is 3. The normalized spacial score (nSPS) is 12.9. The molecule has 0 amide bonds. The van der Waals surface area contributed by atoms with Crippen LogP contribution < -0.4 is 5.73 Å². The molecule has 8 heteroatoms. The van der Waals surface area contributed by atoms with E-state index in [-0.39, 0.29) is 0 Å². The fourth-order valence-electron chi connectivity index (χ4n) is 1.29. The van der Waals surface area contributed by atoms with Crippen LogP contribution in [0.5, 0.6) is 0 Å². The highest BCUT2D eigenvalue weighted by molar-refractivity contribution is 8.14. The van der Waals surface area contributed by atoms with Crippen LogP contribution >= 0.6 is 11.8 Å². The standard InChI is InChI=1S/C14H21NO6S.C2H6/c1-5-7-9(6-2)12(18)20-8-21-13(19)22-14(3,4)10(15)11(16)17;1-2/h5-7,10H,8,15H2,1-4H3,(H,16,17);1-2H3/p+1/b7-5-,9-6+;. The first-order chi connectivity index (χ1) is 11.2. The highest BCUT2D eigenvalue weighted by Gasteiger charge is 2.39. The van der Waals surface area contributed by atoms with Crippen molar-refractivity contribution in [3.05, 3.63) is 23.8 Å². The van der Waals surface area contributed by atoms with Gasteiger partial charge in [-0.25, -0.2) is 14.4 Å². The minimum Gasteiger partial charge on any atom is -0.477 e. The second-order valence-electron chi connectivity index (χ2n) is 4.78. The number of carboxylic acids is 1. The van der Waals surface area contributed by atoms with E-state index in [4.69, 9.17) is 14.6 Å². The molecule has 4 N–H and O–H groups in total. The zero-order chi connectivity index (χ0) is 19.3. The molecule has 0 fully saturated rings. The van der Waals surface area contributed by atoms with E-state index < -0.39 is 34.8 Å². The Bertz CT molecular complexity index is 485. The molecular weight excluding hydrogens is 334 g/mol. The Morgan fingerprint density at radius 2 is 1.75 bits per heavy atom. The summed E-state index contributed by atoms with van der Waals surface area (Å²) in [6.07, 6.45) is 4.83. The van der Waals surface area contributed by atoms with Crippen molar-refractivity contribution in [3.8, 4) is 0 Å². The number of carbonyl (C=O) groups excluding carboxylic acids is 2. The lowest BCUT2D eigenvalue weighted by Gasteiger charge is -2.23. The minimum atomic E-state index is -1.11. The lowest BCUT2D eigenvalue weighted by Crippen LogP contribution is -2.72. The van der Waals surface area contributed by atoms with Gasteiger partial charge >= 0.3 is 17.2 Å². The summed E-state index contributed by atoms with van der Waals surface area (Å²) < 4.78 is 8.60. The third kappa shape index (κ3) is 9.36. The van der Waals surface area contributed by atoms with Gasteiger partial charge in [0.1, 0.15) is 0 Å². The van der Waals surface area contributed by atoms with Gasteiger partial charge in [-0.1, -0.05) is 32.1 Å². The molecule has 7 nitrogen and oxygen atoms in total. The minimum absolute atomic E-state index is 0.343. The Labute approximate surface area is 147 Å². The van der Waals surface area contributed by atoms with Crippen molar-refractivity contribution in [2.75, 3.05) is 6.79 Å². The van der Waals surface area contributed by atoms with Gasteiger partial charge < -0.3 is 20.3 Å². The monoisotopic (exact) mass is 362 g/mol. The van der Waals surface area contributed by atoms with Crippen LogP contribution in [0.2, 0.25) is 0 Å². The van der Waals surface area contributed by atoms with Crippen LogP contribution in [0.25, 0.3) is 0 Å². The molecule has 0 aliphatic carbocycles. The van der Waals surface area contributed by atoms with E-state index in [9.17, 15) is 14.4 Å². The smallest absolute Gasteiger partial charge is 0.370 e. The van der Waals surface area contributed by atoms with E-state index in [1.165, 1.54) is 0 Å². The maximum absolute atomic E-state index is 11.6. The molecular formula is C16H28NO6S+. The van der Waals surface area contributed by atoms with Crippen molar-refractivity contribution < 1.29 is 34.7 Å². The van der Waals surface area contributed by atoms with Crippen LogP contribution in [-0.4, -0.2) is 39.9 Å². The predicted octanol–water partition coefficient (Wildman–Crippen LogP) is 2.38. The Hall–Kier alpha value is -1.80. The SMILES string of the molecule is C/C=C\C(=C/C)C(=O)OCOC(=O)SC(C)(C)C([NH3+])C(=O)O.CC. The third-order valence-corrected chi connectivity index (χ3v) is 3.84. The number of carboxylic acid groups (broad SMARTS) is 1. The van der Waals surface area contributed by atoms with E-state index in [2.05, 4.69) is 5.73 Å². The van der Waals surface area contributed by atoms with E-state index in [1.807, 2.05) is 13.8 Å². The molecule has 0 aromatic heterocycles. The van der Waals surface area contributed by atoms with E-state index in [0.29, 0.717) is 17.3 Å². The summed E-state index contributed by atoms with van der Waals surface area (Å²) in [4.78, 5) is 34.1. The topological polar surface area (TPSA) is 118 Å². The van der Waals surface area contributed by atoms with Crippen LogP contribution in [0, 0.1) is 0 Å². The summed E-state index contributed by atoms with van der Waals surface area (Å²) in [6.45, 7) is 10.0. The molecule has 24 heavy (non-hydrogen) atoms. The van der Waals surface area contributed by atoms with Gasteiger partial charge in [0.2, 0.25) is 6.79 Å². The lowest BCUT2D eigenvalue weighted by molar-refractivity contribution is -0.413. The van der Waals surface area contributed by atoms with Gasteiger partial charge in [-0.3, -0.25) is 0 Å². The molecule has 0 aliphatic rings. The fourth-order valence-corrected chi connectivity index (χ4v) is 2.07. The quantitative estimate of drug-likeness (QED) is 0.309. The predicted molar refractivity (Wildman–Crippen MR) is 93.3 cm³/mol. The van der Waals surface area contributed by atoms with Crippen LogP contribution in [0.15, 0.2) is 23.8 Å². The number of rotatable bonds is 7. The average molecular weight is 362 g/mol. The fraction of sp³-hybridized carbons (Fsp3) is 0.562. The average Bonchev–Trinajstić information content (AvgIpc) is 2.52. The van der Waals surface area contributed by atoms with E-state index >= 15 is 0 Å². The van der Waals surface area contributed by atoms with Crippen molar-refractivity contribution in [2.45, 2.75) is 52.3 Å². The molecule has 0 saturated heterocycles. The van der Waals surface area contributed by atoms with Crippen LogP contribution in [-0.2, 0) is 19.1 Å². The van der Waals surface area contributed by atoms with E-state index in [1.54, 1.807) is 45.9 Å². The maximum atomic E-state index is 11.6. The van der Waals surface area contributed by atoms with Gasteiger partial charge in [-0.05, 0) is 39.5 Å². The van der Waals surface area contributed by atoms with Gasteiger partial charge in [-0.2, -0.15) is 0 Å². The molecule has 0 aromatic rings. The molecule has 138 valence electrons. The highest BCUT2D eigenvalue weighted by atomic mass is 32.2. The Morgan fingerprint density at radius 3 is 2.17 bits per heavy atom. The summed E-state index contributed by atoms with van der Waals surface area (Å²) in [7, 11) is 0. The molecule has 0 spiro atoms. The molecule has 0 bridgehead atoms. The van der Waals surface area contributed by atoms with Crippen molar-refractivity contribution in [3.63, 3.8) is 0 Å². The van der Waals surface area contributed by atoms with E-state index in [0.717, 1.165) is 0 Å². The number of quaternary nitrogens is 1. The third-order valence-electron chi connectivity index (χ3n) is 2.74. The molecule has 0 radical (unpaired) electrons. The molecule has 0 aromatic carbocycles. The van der Waals surface area contributed by atoms with Crippen molar-refractivity contribution in [1.29, 1.82) is 0 Å². The summed E-state index contributed by atoms with van der Waals surface area (Å²) in [5, 5.41) is 8.17. The maximum Gasteiger partial charge on any atom is 0.370 e. The number of thioether (sulfide) groups is 1. The van der Waals surface area contributed by atoms with Gasteiger partial charge in [0.25, 0.3) is 0 Å². The summed E-state index contributed by atoms with van der Waals surface area (Å²) in [5.74, 6) is -1.72. The van der Waals surface area contributed by atoms with Crippen LogP contribution in [0.4, 0.5) is 4.79 Å². The molecule has 0 rings (SSSR count). The largest absolute Gasteiger partial charge is 0.477 e. The van der Waals surface area contributed by atoms with Crippen molar-refractivity contribution >= 4 is 29.0 Å². The number of aliphatic carboxylic acids is 1. The van der Waals surface area contributed by atoms with Crippen molar-refractivity contribution in [2.24, 2.45) is 0 Å². The number of hydrogen-bond donors (Lipinski definition) is 2. The van der Waals surface area contributed by atoms with Gasteiger partial charge in [0, 0.05) is 0 Å². The summed E-state index contributed by atoms with van der Waals surface area (Å²) >= 11 is 0.690. The van der Waals surface area contributed by atoms with Gasteiger partial charge in [0.15, 0.2) is 6.04 Å². The highest BCUT2D eigenvalue weighted by Crippen LogP contribution is 2.28. The van der Waals surface area contributed by atoms with Gasteiger partial charge in [0.05, 0.1) is 10.3 Å². The zero-order valence-corrected chi connectivity index (χ0v) is 15.9. The van der Waals surface area contributed by atoms with Crippen molar-refractivity contribution in [1.82, 2.24) is 0 Å². The molecule has 1 atom stereocenters. The number of allylic oxidation sites excluding steroid dienone is 2. The molecule has 0 heterocycles. The van der Waals surface area contributed by atoms with Crippen LogP contribution in [0.3, 0.4) is 0 Å². The lowest BCUT2D eigenvalue weighted by atomic mass is 10.1. The van der Waals surface area contributed by atoms with Gasteiger partial charge in [-0.15, -0.1) is 0 Å². The Morgan fingerprint density at radius 1 is 1.21 bits per heavy atom. The first-order valence-electron chi connectivity index (χ1n) is 7.53. The second kappa shape index (κ2) is 12.6. The number of hydrogen-bond acceptors (Lipinski definition) is 6. The molecule has 0 saturated carbocycles. The number of ether oxygens (including phenoxy) is 2. The second-order valence-corrected chi connectivity index (χ2v) is 6.37.